The van der Waals surface area contributed by atoms with Gasteiger partial charge in [-0.1, -0.05) is 20.3 Å². The molecule has 0 radical (unpaired) electrons. The first-order valence-corrected chi connectivity index (χ1v) is 36.1. The van der Waals surface area contributed by atoms with Crippen molar-refractivity contribution < 1.29 is 132 Å². The summed E-state index contributed by atoms with van der Waals surface area (Å²) in [6.07, 6.45) is -5.15. The second kappa shape index (κ2) is 51.5. The molecule has 0 aliphatic carbocycles. The van der Waals surface area contributed by atoms with Crippen molar-refractivity contribution in [2.45, 2.75) is 281 Å². The Hall–Kier alpha value is -4.69. The maximum absolute atomic E-state index is 13.0. The fourth-order valence-corrected chi connectivity index (χ4v) is 12.1. The molecule has 0 saturated carbocycles. The third-order valence-electron chi connectivity index (χ3n) is 17.5. The smallest absolute Gasteiger partial charge is 0.222 e. The van der Waals surface area contributed by atoms with Gasteiger partial charge in [0.15, 0.2) is 18.9 Å². The molecule has 3 rings (SSSR count). The topological polar surface area (TPSA) is 479 Å². The Kier molecular flexibility index (Phi) is 46.1. The van der Waals surface area contributed by atoms with Gasteiger partial charge in [-0.3, -0.25) is 43.2 Å². The third kappa shape index (κ3) is 36.7. The van der Waals surface area contributed by atoms with Gasteiger partial charge in [-0.05, 0) is 89.4 Å². The van der Waals surface area contributed by atoms with E-state index in [0.29, 0.717) is 135 Å². The molecule has 0 spiro atoms. The standard InChI is InChI=1S/C69H121N5O27/c1-44(2)37-69(41-93-34-26-50(83)20-8-6-7-19-48(81)23-11-16-31-96-66-57(72-45(3)78)63(90)60(87)52(38-75)99-66,42-94-35-27-51(84)22-10-15-29-70-55(85)25-13-18-33-98-68-59(74-47(5)80)65(92)62(89)54(40-77)101-68)43-95-36-28-56(86)71-30-14-9-21-49(82)24-12-17-32-97-67-58(73-46(4)79)64(91)61(88)53(39-76)100-67/h44,52-54,57-68,75-77,87-92H,6-43H2,1-5H3,(H,70,85)(H,71,86)(H,72,78)(H,73,79)(H,74,80)/t52?,53?,54?,57?,58?,59?,60-,61-,62-,63+,64+,65+,66+,67+,68+,69?/m0/s1. The molecule has 7 unspecified atom stereocenters. The van der Waals surface area contributed by atoms with Gasteiger partial charge in [0.05, 0.1) is 59.5 Å². The van der Waals surface area contributed by atoms with Gasteiger partial charge < -0.3 is 115 Å². The molecule has 3 aliphatic rings. The van der Waals surface area contributed by atoms with Gasteiger partial charge in [0.25, 0.3) is 0 Å². The zero-order valence-corrected chi connectivity index (χ0v) is 60.0. The van der Waals surface area contributed by atoms with Crippen molar-refractivity contribution in [3.8, 4) is 0 Å². The first-order chi connectivity index (χ1) is 48.2. The highest BCUT2D eigenvalue weighted by Gasteiger charge is 2.48. The van der Waals surface area contributed by atoms with Crippen molar-refractivity contribution in [3.05, 3.63) is 0 Å². The fraction of sp³-hybridized carbons (Fsp3) is 0.870. The number of hydrogen-bond acceptors (Lipinski definition) is 27. The zero-order chi connectivity index (χ0) is 74.7. The number of aliphatic hydroxyl groups is 9. The molecule has 0 aromatic heterocycles. The number of aliphatic hydroxyl groups excluding tert-OH is 9. The number of ether oxygens (including phenoxy) is 9. The summed E-state index contributed by atoms with van der Waals surface area (Å²) >= 11 is 0. The predicted molar refractivity (Wildman–Crippen MR) is 361 cm³/mol. The number of hydrogen-bond donors (Lipinski definition) is 14. The lowest BCUT2D eigenvalue weighted by atomic mass is 9.82. The first-order valence-electron chi connectivity index (χ1n) is 36.1. The van der Waals surface area contributed by atoms with Gasteiger partial charge in [0.2, 0.25) is 29.5 Å². The Morgan fingerprint density at radius 1 is 0.366 bits per heavy atom. The summed E-state index contributed by atoms with van der Waals surface area (Å²) in [6.45, 7) is 8.09. The van der Waals surface area contributed by atoms with Gasteiger partial charge in [0, 0.05) is 123 Å². The van der Waals surface area contributed by atoms with Crippen molar-refractivity contribution in [2.24, 2.45) is 11.3 Å². The van der Waals surface area contributed by atoms with Crippen LogP contribution in [0.2, 0.25) is 0 Å². The summed E-state index contributed by atoms with van der Waals surface area (Å²) in [7, 11) is 0. The molecular formula is C69H121N5O27. The van der Waals surface area contributed by atoms with E-state index < -0.39 is 135 Å². The lowest BCUT2D eigenvalue weighted by Crippen LogP contribution is -2.64. The number of unbranched alkanes of at least 4 members (excludes halogenated alkanes) is 7. The molecule has 0 bridgehead atoms. The Labute approximate surface area is 593 Å². The van der Waals surface area contributed by atoms with Crippen LogP contribution in [-0.4, -0.2) is 283 Å². The van der Waals surface area contributed by atoms with Crippen molar-refractivity contribution in [1.82, 2.24) is 26.6 Å². The number of amides is 5. The fourth-order valence-electron chi connectivity index (χ4n) is 12.1. The van der Waals surface area contributed by atoms with E-state index >= 15 is 0 Å². The van der Waals surface area contributed by atoms with Crippen LogP contribution in [0.4, 0.5) is 0 Å². The minimum Gasteiger partial charge on any atom is -0.394 e. The summed E-state index contributed by atoms with van der Waals surface area (Å²) in [6, 6.07) is -3.17. The second-order valence-corrected chi connectivity index (χ2v) is 27.1. The highest BCUT2D eigenvalue weighted by Crippen LogP contribution is 2.30. The van der Waals surface area contributed by atoms with Crippen molar-refractivity contribution in [2.75, 3.05) is 92.4 Å². The first kappa shape index (κ1) is 90.5. The van der Waals surface area contributed by atoms with Gasteiger partial charge >= 0.3 is 0 Å². The van der Waals surface area contributed by atoms with E-state index in [9.17, 15) is 89.1 Å². The van der Waals surface area contributed by atoms with Gasteiger partial charge in [-0.25, -0.2) is 0 Å². The molecule has 5 amide bonds. The van der Waals surface area contributed by atoms with E-state index in [1.807, 2.05) is 13.8 Å². The van der Waals surface area contributed by atoms with Crippen LogP contribution in [0.25, 0.3) is 0 Å². The van der Waals surface area contributed by atoms with E-state index in [1.54, 1.807) is 0 Å². The molecule has 14 N–H and O–H groups in total. The molecule has 0 aromatic rings. The molecule has 3 saturated heterocycles. The SMILES string of the molecule is CC(=O)NC1[C@H](OCCCCC(=O)CCCCCC(=O)CCOCC(COCCC(=O)CCCCNC(=O)CCCCO[C@@H]2OC(CO)[C@H](O)[C@H](O)C2NC(C)=O)(COCCC(=O)NCCCCC(=O)CCCCO[C@@H]2OC(CO)[C@H](O)[C@H](O)C2NC(C)=O)CC(C)C)OC(CO)[C@H](O)[C@@H]1O. The maximum Gasteiger partial charge on any atom is 0.222 e. The minimum atomic E-state index is -1.43. The van der Waals surface area contributed by atoms with E-state index in [4.69, 9.17) is 42.6 Å². The minimum absolute atomic E-state index is 0.00881. The summed E-state index contributed by atoms with van der Waals surface area (Å²) in [4.78, 5) is 112. The number of carbonyl (C=O) groups is 9. The van der Waals surface area contributed by atoms with E-state index in [1.165, 1.54) is 20.8 Å². The number of ketones is 4. The lowest BCUT2D eigenvalue weighted by molar-refractivity contribution is -0.270. The van der Waals surface area contributed by atoms with Crippen LogP contribution in [0.3, 0.4) is 0 Å². The average Bonchev–Trinajstić information content (AvgIpc) is 0.826. The Morgan fingerprint density at radius 3 is 0.970 bits per heavy atom. The van der Waals surface area contributed by atoms with Crippen molar-refractivity contribution in [3.63, 3.8) is 0 Å². The van der Waals surface area contributed by atoms with E-state index in [2.05, 4.69) is 26.6 Å². The third-order valence-corrected chi connectivity index (χ3v) is 17.5. The van der Waals surface area contributed by atoms with E-state index in [0.717, 1.165) is 0 Å². The molecule has 3 heterocycles. The average molecular weight is 1450 g/mol. The molecule has 101 heavy (non-hydrogen) atoms. The highest BCUT2D eigenvalue weighted by molar-refractivity contribution is 5.80. The van der Waals surface area contributed by atoms with Crippen LogP contribution in [0.1, 0.15) is 189 Å². The van der Waals surface area contributed by atoms with Crippen molar-refractivity contribution in [1.29, 1.82) is 0 Å². The predicted octanol–water partition coefficient (Wildman–Crippen LogP) is -0.569. The molecular weight excluding hydrogens is 1330 g/mol. The lowest BCUT2D eigenvalue weighted by Gasteiger charge is -2.42. The largest absolute Gasteiger partial charge is 0.394 e. The number of Topliss-reactive ketones (excluding diaryl/α,β-unsaturated/α-hetero) is 4. The van der Waals surface area contributed by atoms with Crippen molar-refractivity contribution >= 4 is 52.7 Å². The molecule has 32 heteroatoms. The number of nitrogens with one attached hydrogen (secondary N) is 5. The normalized spacial score (nSPS) is 25.8. The zero-order valence-electron chi connectivity index (χ0n) is 60.0. The summed E-state index contributed by atoms with van der Waals surface area (Å²) in [5.74, 6) is -1.56. The van der Waals surface area contributed by atoms with Gasteiger partial charge in [-0.2, -0.15) is 0 Å². The Bertz CT molecular complexity index is 2170. The van der Waals surface area contributed by atoms with E-state index in [-0.39, 0.29) is 132 Å². The summed E-state index contributed by atoms with van der Waals surface area (Å²) in [5, 5.41) is 104. The summed E-state index contributed by atoms with van der Waals surface area (Å²) in [5.41, 5.74) is -0.711. The Balaban J connectivity index is 1.40. The molecule has 0 aromatic carbocycles. The van der Waals surface area contributed by atoms with Crippen LogP contribution in [-0.2, 0) is 85.8 Å². The van der Waals surface area contributed by atoms with Crippen LogP contribution in [0.5, 0.6) is 0 Å². The number of carbonyl (C=O) groups excluding carboxylic acids is 9. The highest BCUT2D eigenvalue weighted by atomic mass is 16.7. The maximum atomic E-state index is 13.0. The van der Waals surface area contributed by atoms with Crippen LogP contribution < -0.4 is 26.6 Å². The second-order valence-electron chi connectivity index (χ2n) is 27.1. The number of rotatable bonds is 57. The quantitative estimate of drug-likeness (QED) is 0.0339. The molecule has 32 nitrogen and oxygen atoms in total. The molecule has 3 aliphatic heterocycles. The molecule has 584 valence electrons. The Morgan fingerprint density at radius 2 is 0.653 bits per heavy atom. The molecule has 3 fully saturated rings. The van der Waals surface area contributed by atoms with Crippen LogP contribution in [0.15, 0.2) is 0 Å². The van der Waals surface area contributed by atoms with Crippen LogP contribution in [0, 0.1) is 11.3 Å². The monoisotopic (exact) mass is 1450 g/mol. The van der Waals surface area contributed by atoms with Crippen LogP contribution >= 0.6 is 0 Å². The van der Waals surface area contributed by atoms with Gasteiger partial charge in [-0.15, -0.1) is 0 Å². The molecule has 16 atom stereocenters. The summed E-state index contributed by atoms with van der Waals surface area (Å²) < 4.78 is 52.4. The van der Waals surface area contributed by atoms with Gasteiger partial charge in [0.1, 0.15) is 96.2 Å².